The molecule has 1 aliphatic carbocycles. The predicted molar refractivity (Wildman–Crippen MR) is 68.1 cm³/mol. The smallest absolute Gasteiger partial charge is 0.126 e. The Labute approximate surface area is 107 Å². The van der Waals surface area contributed by atoms with Crippen molar-refractivity contribution < 1.29 is 14.2 Å². The Morgan fingerprint density at radius 3 is 2.72 bits per heavy atom. The third kappa shape index (κ3) is 2.65. The highest BCUT2D eigenvalue weighted by Crippen LogP contribution is 2.35. The largest absolute Gasteiger partial charge is 0.508 e. The van der Waals surface area contributed by atoms with E-state index in [2.05, 4.69) is 5.32 Å². The molecule has 2 N–H and O–H groups in total. The van der Waals surface area contributed by atoms with Crippen LogP contribution in [0.4, 0.5) is 4.39 Å². The number of phenolic OH excluding ortho intramolecular Hbond substituents is 1. The van der Waals surface area contributed by atoms with E-state index < -0.39 is 5.82 Å². The monoisotopic (exact) mass is 253 g/mol. The van der Waals surface area contributed by atoms with Gasteiger partial charge in [-0.1, -0.05) is 6.07 Å². The minimum atomic E-state index is -0.421. The van der Waals surface area contributed by atoms with Crippen molar-refractivity contribution in [3.63, 3.8) is 0 Å². The summed E-state index contributed by atoms with van der Waals surface area (Å²) in [5.74, 6) is -0.425. The zero-order valence-electron chi connectivity index (χ0n) is 10.9. The number of nitrogens with one attached hydrogen (secondary N) is 1. The summed E-state index contributed by atoms with van der Waals surface area (Å²) in [5.41, 5.74) is 0.658. The Bertz CT molecular complexity index is 413. The third-order valence-corrected chi connectivity index (χ3v) is 3.89. The first kappa shape index (κ1) is 13.3. The lowest BCUT2D eigenvalue weighted by molar-refractivity contribution is -0.0706. The molecule has 1 unspecified atom stereocenters. The van der Waals surface area contributed by atoms with Gasteiger partial charge in [-0.2, -0.15) is 0 Å². The number of methoxy groups -OCH3 is 1. The van der Waals surface area contributed by atoms with Gasteiger partial charge in [-0.05, 0) is 32.3 Å². The molecule has 0 amide bonds. The molecule has 1 saturated carbocycles. The Kier molecular flexibility index (Phi) is 3.88. The van der Waals surface area contributed by atoms with Gasteiger partial charge in [0, 0.05) is 31.3 Å². The number of phenols is 1. The quantitative estimate of drug-likeness (QED) is 0.847. The minimum Gasteiger partial charge on any atom is -0.508 e. The number of aromatic hydroxyl groups is 1. The van der Waals surface area contributed by atoms with Crippen LogP contribution < -0.4 is 5.32 Å². The van der Waals surface area contributed by atoms with E-state index >= 15 is 0 Å². The summed E-state index contributed by atoms with van der Waals surface area (Å²) < 4.78 is 18.4. The minimum absolute atomic E-state index is 0.00456. The average Bonchev–Trinajstić information content (AvgIpc) is 2.27. The van der Waals surface area contributed by atoms with E-state index in [0.29, 0.717) is 5.56 Å². The number of halogens is 1. The van der Waals surface area contributed by atoms with Crippen molar-refractivity contribution in [2.45, 2.75) is 37.8 Å². The Morgan fingerprint density at radius 1 is 1.50 bits per heavy atom. The fourth-order valence-electron chi connectivity index (χ4n) is 2.36. The number of rotatable bonds is 5. The molecular formula is C14H20FNO2. The van der Waals surface area contributed by atoms with E-state index in [4.69, 9.17) is 4.74 Å². The van der Waals surface area contributed by atoms with Gasteiger partial charge in [-0.3, -0.25) is 0 Å². The summed E-state index contributed by atoms with van der Waals surface area (Å²) in [6.45, 7) is 2.70. The van der Waals surface area contributed by atoms with Crippen molar-refractivity contribution in [1.82, 2.24) is 5.32 Å². The molecule has 0 spiro atoms. The number of ether oxygens (including phenoxy) is 1. The van der Waals surface area contributed by atoms with Crippen molar-refractivity contribution >= 4 is 0 Å². The molecule has 100 valence electrons. The van der Waals surface area contributed by atoms with Crippen LogP contribution in [0.2, 0.25) is 0 Å². The maximum atomic E-state index is 12.9. The summed E-state index contributed by atoms with van der Waals surface area (Å²) in [5, 5.41) is 13.1. The van der Waals surface area contributed by atoms with Crippen molar-refractivity contribution in [3.8, 4) is 5.75 Å². The number of benzene rings is 1. The molecule has 0 aliphatic heterocycles. The molecule has 0 aromatic heterocycles. The van der Waals surface area contributed by atoms with Gasteiger partial charge in [0.05, 0.1) is 5.60 Å². The SMILES string of the molecule is COC1(CNC(C)c2ccc(F)cc2O)CCC1. The van der Waals surface area contributed by atoms with Crippen LogP contribution in [0.5, 0.6) is 5.75 Å². The summed E-state index contributed by atoms with van der Waals surface area (Å²) in [4.78, 5) is 0. The molecule has 1 aliphatic rings. The van der Waals surface area contributed by atoms with E-state index in [1.165, 1.54) is 12.5 Å². The summed E-state index contributed by atoms with van der Waals surface area (Å²) in [7, 11) is 1.74. The van der Waals surface area contributed by atoms with Crippen molar-refractivity contribution in [1.29, 1.82) is 0 Å². The van der Waals surface area contributed by atoms with Crippen LogP contribution in [0.3, 0.4) is 0 Å². The maximum absolute atomic E-state index is 12.9. The highest BCUT2D eigenvalue weighted by molar-refractivity contribution is 5.34. The lowest BCUT2D eigenvalue weighted by Crippen LogP contribution is -2.48. The van der Waals surface area contributed by atoms with Crippen LogP contribution in [-0.4, -0.2) is 24.4 Å². The van der Waals surface area contributed by atoms with Crippen LogP contribution in [0.25, 0.3) is 0 Å². The van der Waals surface area contributed by atoms with Gasteiger partial charge < -0.3 is 15.2 Å². The normalized spacial score (nSPS) is 19.3. The summed E-state index contributed by atoms with van der Waals surface area (Å²) >= 11 is 0. The first-order chi connectivity index (χ1) is 8.56. The summed E-state index contributed by atoms with van der Waals surface area (Å²) in [6.07, 6.45) is 3.34. The van der Waals surface area contributed by atoms with Gasteiger partial charge in [0.15, 0.2) is 0 Å². The van der Waals surface area contributed by atoms with Crippen LogP contribution in [-0.2, 0) is 4.74 Å². The molecule has 0 heterocycles. The second kappa shape index (κ2) is 5.24. The fourth-order valence-corrected chi connectivity index (χ4v) is 2.36. The van der Waals surface area contributed by atoms with Crippen LogP contribution in [0.15, 0.2) is 18.2 Å². The van der Waals surface area contributed by atoms with Crippen LogP contribution >= 0.6 is 0 Å². The summed E-state index contributed by atoms with van der Waals surface area (Å²) in [6, 6.07) is 4.09. The van der Waals surface area contributed by atoms with Gasteiger partial charge in [0.2, 0.25) is 0 Å². The average molecular weight is 253 g/mol. The molecular weight excluding hydrogens is 233 g/mol. The standard InChI is InChI=1S/C14H20FNO2/c1-10(12-5-4-11(15)8-13(12)17)16-9-14(18-2)6-3-7-14/h4-5,8,10,16-17H,3,6-7,9H2,1-2H3. The molecule has 18 heavy (non-hydrogen) atoms. The first-order valence-corrected chi connectivity index (χ1v) is 6.33. The highest BCUT2D eigenvalue weighted by Gasteiger charge is 2.36. The van der Waals surface area contributed by atoms with Gasteiger partial charge in [0.1, 0.15) is 11.6 Å². The molecule has 0 bridgehead atoms. The molecule has 4 heteroatoms. The molecule has 3 nitrogen and oxygen atoms in total. The molecule has 1 fully saturated rings. The zero-order chi connectivity index (χ0) is 13.2. The third-order valence-electron chi connectivity index (χ3n) is 3.89. The van der Waals surface area contributed by atoms with Crippen LogP contribution in [0, 0.1) is 5.82 Å². The second-order valence-electron chi connectivity index (χ2n) is 5.05. The van der Waals surface area contributed by atoms with Gasteiger partial charge >= 0.3 is 0 Å². The molecule has 1 aromatic rings. The molecule has 1 aromatic carbocycles. The van der Waals surface area contributed by atoms with Gasteiger partial charge in [-0.25, -0.2) is 4.39 Å². The maximum Gasteiger partial charge on any atom is 0.126 e. The number of hydrogen-bond acceptors (Lipinski definition) is 3. The van der Waals surface area contributed by atoms with Gasteiger partial charge in [0.25, 0.3) is 0 Å². The fraction of sp³-hybridized carbons (Fsp3) is 0.571. The molecule has 2 rings (SSSR count). The molecule has 0 saturated heterocycles. The second-order valence-corrected chi connectivity index (χ2v) is 5.05. The van der Waals surface area contributed by atoms with Crippen molar-refractivity contribution in [2.75, 3.05) is 13.7 Å². The van der Waals surface area contributed by atoms with E-state index in [9.17, 15) is 9.50 Å². The first-order valence-electron chi connectivity index (χ1n) is 6.33. The topological polar surface area (TPSA) is 41.5 Å². The van der Waals surface area contributed by atoms with E-state index in [1.54, 1.807) is 13.2 Å². The molecule has 1 atom stereocenters. The molecule has 0 radical (unpaired) electrons. The lowest BCUT2D eigenvalue weighted by atomic mass is 9.80. The predicted octanol–water partition coefficient (Wildman–Crippen LogP) is 2.75. The van der Waals surface area contributed by atoms with E-state index in [-0.39, 0.29) is 17.4 Å². The Hall–Kier alpha value is -1.13. The van der Waals surface area contributed by atoms with E-state index in [1.807, 2.05) is 6.92 Å². The number of hydrogen-bond donors (Lipinski definition) is 2. The Balaban J connectivity index is 1.97. The van der Waals surface area contributed by atoms with Crippen molar-refractivity contribution in [2.24, 2.45) is 0 Å². The Morgan fingerprint density at radius 2 is 2.22 bits per heavy atom. The van der Waals surface area contributed by atoms with Gasteiger partial charge in [-0.15, -0.1) is 0 Å². The van der Waals surface area contributed by atoms with E-state index in [0.717, 1.165) is 25.5 Å². The van der Waals surface area contributed by atoms with Crippen LogP contribution in [0.1, 0.15) is 37.8 Å². The lowest BCUT2D eigenvalue weighted by Gasteiger charge is -2.41. The van der Waals surface area contributed by atoms with Crippen molar-refractivity contribution in [3.05, 3.63) is 29.6 Å². The highest BCUT2D eigenvalue weighted by atomic mass is 19.1. The zero-order valence-corrected chi connectivity index (χ0v) is 10.9.